The van der Waals surface area contributed by atoms with Crippen molar-refractivity contribution in [3.8, 4) is 0 Å². The first kappa shape index (κ1) is 20.5. The normalized spacial score (nSPS) is 12.6. The third-order valence-corrected chi connectivity index (χ3v) is 3.92. The molecule has 2 rings (SSSR count). The van der Waals surface area contributed by atoms with E-state index in [1.54, 1.807) is 24.7 Å². The van der Waals surface area contributed by atoms with E-state index in [1.165, 1.54) is 7.11 Å². The van der Waals surface area contributed by atoms with E-state index in [2.05, 4.69) is 4.74 Å². The Kier molecular flexibility index (Phi) is 9.14. The summed E-state index contributed by atoms with van der Waals surface area (Å²) < 4.78 is 14.9. The van der Waals surface area contributed by atoms with Gasteiger partial charge in [-0.3, -0.25) is 9.59 Å². The number of hydrogen-bond donors (Lipinski definition) is 1. The zero-order valence-corrected chi connectivity index (χ0v) is 14.9. The minimum Gasteiger partial charge on any atom is -0.481 e. The van der Waals surface area contributed by atoms with Crippen LogP contribution in [-0.2, 0) is 27.2 Å². The van der Waals surface area contributed by atoms with Gasteiger partial charge in [0.1, 0.15) is 11.5 Å². The molecule has 0 spiro atoms. The molecule has 2 heterocycles. The third-order valence-electron chi connectivity index (χ3n) is 3.92. The van der Waals surface area contributed by atoms with Gasteiger partial charge < -0.3 is 18.7 Å². The number of carbonyl (C=O) groups is 2. The fraction of sp³-hybridized carbons (Fsp3) is 0.474. The number of ether oxygens (including phenoxy) is 1. The number of carbonyl (C=O) groups excluding carboxylic acids is 1. The van der Waals surface area contributed by atoms with Crippen LogP contribution in [0.25, 0.3) is 0 Å². The van der Waals surface area contributed by atoms with Crippen molar-refractivity contribution >= 4 is 11.9 Å². The topological polar surface area (TPSA) is 89.9 Å². The first-order valence-electron chi connectivity index (χ1n) is 8.37. The number of rotatable bonds is 8. The van der Waals surface area contributed by atoms with Crippen molar-refractivity contribution in [2.45, 2.75) is 39.5 Å². The predicted octanol–water partition coefficient (Wildman–Crippen LogP) is 3.95. The molecule has 1 N–H and O–H groups in total. The molecular weight excluding hydrogens is 324 g/mol. The van der Waals surface area contributed by atoms with Crippen LogP contribution in [0.3, 0.4) is 0 Å². The summed E-state index contributed by atoms with van der Waals surface area (Å²) in [5.41, 5.74) is 0. The predicted molar refractivity (Wildman–Crippen MR) is 92.0 cm³/mol. The van der Waals surface area contributed by atoms with Crippen LogP contribution in [0, 0.1) is 11.8 Å². The van der Waals surface area contributed by atoms with Crippen molar-refractivity contribution in [1.82, 2.24) is 0 Å². The maximum atomic E-state index is 11.2. The van der Waals surface area contributed by atoms with Crippen LogP contribution in [0.1, 0.15) is 38.2 Å². The molecule has 0 aromatic carbocycles. The molecule has 0 saturated heterocycles. The summed E-state index contributed by atoms with van der Waals surface area (Å²) in [6.45, 7) is 3.83. The molecule has 2 atom stereocenters. The zero-order valence-electron chi connectivity index (χ0n) is 14.9. The molecule has 2 unspecified atom stereocenters. The number of hydrogen-bond acceptors (Lipinski definition) is 5. The van der Waals surface area contributed by atoms with Crippen molar-refractivity contribution < 1.29 is 28.3 Å². The van der Waals surface area contributed by atoms with E-state index in [-0.39, 0.29) is 17.8 Å². The fourth-order valence-electron chi connectivity index (χ4n) is 2.31. The lowest BCUT2D eigenvalue weighted by Gasteiger charge is -2.09. The summed E-state index contributed by atoms with van der Waals surface area (Å²) in [4.78, 5) is 21.8. The quantitative estimate of drug-likeness (QED) is 0.725. The minimum atomic E-state index is -0.756. The van der Waals surface area contributed by atoms with Crippen molar-refractivity contribution in [3.63, 3.8) is 0 Å². The van der Waals surface area contributed by atoms with Crippen LogP contribution in [-0.4, -0.2) is 24.2 Å². The Balaban J connectivity index is 0.000000251. The monoisotopic (exact) mass is 350 g/mol. The van der Waals surface area contributed by atoms with Gasteiger partial charge in [-0.05, 0) is 37.1 Å². The molecule has 138 valence electrons. The molecule has 0 saturated carbocycles. The zero-order chi connectivity index (χ0) is 18.7. The van der Waals surface area contributed by atoms with Gasteiger partial charge in [-0.15, -0.1) is 0 Å². The number of esters is 1. The van der Waals surface area contributed by atoms with Gasteiger partial charge in [0.15, 0.2) is 0 Å². The summed E-state index contributed by atoms with van der Waals surface area (Å²) >= 11 is 0. The largest absolute Gasteiger partial charge is 0.481 e. The number of carboxylic acid groups (broad SMARTS) is 1. The smallest absolute Gasteiger partial charge is 0.309 e. The van der Waals surface area contributed by atoms with E-state index in [4.69, 9.17) is 13.9 Å². The lowest BCUT2D eigenvalue weighted by Crippen LogP contribution is -2.17. The average Bonchev–Trinajstić information content (AvgIpc) is 3.30. The van der Waals surface area contributed by atoms with E-state index in [9.17, 15) is 9.59 Å². The highest BCUT2D eigenvalue weighted by Crippen LogP contribution is 2.14. The number of methoxy groups -OCH3 is 1. The average molecular weight is 350 g/mol. The Morgan fingerprint density at radius 2 is 1.48 bits per heavy atom. The Morgan fingerprint density at radius 3 is 1.80 bits per heavy atom. The van der Waals surface area contributed by atoms with Crippen LogP contribution in [0.5, 0.6) is 0 Å². The van der Waals surface area contributed by atoms with Gasteiger partial charge >= 0.3 is 11.9 Å². The van der Waals surface area contributed by atoms with Crippen molar-refractivity contribution in [2.75, 3.05) is 7.11 Å². The molecule has 2 aromatic heterocycles. The van der Waals surface area contributed by atoms with Crippen LogP contribution < -0.4 is 0 Å². The highest BCUT2D eigenvalue weighted by molar-refractivity contribution is 5.72. The molecule has 0 fully saturated rings. The molecule has 0 amide bonds. The molecule has 0 bridgehead atoms. The van der Waals surface area contributed by atoms with Crippen molar-refractivity contribution in [2.24, 2.45) is 11.8 Å². The molecule has 25 heavy (non-hydrogen) atoms. The summed E-state index contributed by atoms with van der Waals surface area (Å²) in [6, 6.07) is 7.25. The molecule has 6 heteroatoms. The van der Waals surface area contributed by atoms with Gasteiger partial charge in [0, 0.05) is 12.8 Å². The van der Waals surface area contributed by atoms with Crippen LogP contribution >= 0.6 is 0 Å². The number of carboxylic acids is 1. The van der Waals surface area contributed by atoms with Gasteiger partial charge in [-0.1, -0.05) is 13.8 Å². The molecule has 0 aliphatic rings. The third kappa shape index (κ3) is 7.28. The minimum absolute atomic E-state index is 0.0869. The Hall–Kier alpha value is -2.50. The summed E-state index contributed by atoms with van der Waals surface area (Å²) in [5, 5.41) is 8.73. The molecule has 6 nitrogen and oxygen atoms in total. The molecule has 0 aliphatic heterocycles. The second-order valence-corrected chi connectivity index (χ2v) is 5.64. The summed E-state index contributed by atoms with van der Waals surface area (Å²) in [5.74, 6) is 0.238. The van der Waals surface area contributed by atoms with Crippen LogP contribution in [0.15, 0.2) is 45.6 Å². The van der Waals surface area contributed by atoms with E-state index in [0.29, 0.717) is 19.3 Å². The highest BCUT2D eigenvalue weighted by Gasteiger charge is 2.18. The summed E-state index contributed by atoms with van der Waals surface area (Å²) in [7, 11) is 1.41. The molecule has 2 aromatic rings. The first-order chi connectivity index (χ1) is 12.0. The maximum absolute atomic E-state index is 11.2. The first-order valence-corrected chi connectivity index (χ1v) is 8.37. The van der Waals surface area contributed by atoms with Gasteiger partial charge in [-0.2, -0.15) is 0 Å². The van der Waals surface area contributed by atoms with E-state index in [0.717, 1.165) is 17.9 Å². The van der Waals surface area contributed by atoms with E-state index in [1.807, 2.05) is 26.0 Å². The molecular formula is C19H26O6. The fourth-order valence-corrected chi connectivity index (χ4v) is 2.31. The molecule has 0 radical (unpaired) electrons. The second kappa shape index (κ2) is 11.1. The van der Waals surface area contributed by atoms with Gasteiger partial charge in [0.05, 0.1) is 31.5 Å². The number of furan rings is 2. The summed E-state index contributed by atoms with van der Waals surface area (Å²) in [6.07, 6.45) is 5.68. The lowest BCUT2D eigenvalue weighted by atomic mass is 10.0. The molecule has 0 aliphatic carbocycles. The van der Waals surface area contributed by atoms with Crippen LogP contribution in [0.4, 0.5) is 0 Å². The van der Waals surface area contributed by atoms with Gasteiger partial charge in [0.25, 0.3) is 0 Å². The Bertz CT molecular complexity index is 600. The Labute approximate surface area is 147 Å². The standard InChI is InChI=1S/C10H14O3.C9H12O3/c1-3-8(10(11)12-2)7-9-5-4-6-13-9;1-2-7(9(10)11)6-8-4-3-5-12-8/h4-6,8H,3,7H2,1-2H3;3-5,7H,2,6H2,1H3,(H,10,11). The Morgan fingerprint density at radius 1 is 1.00 bits per heavy atom. The number of aliphatic carboxylic acids is 1. The van der Waals surface area contributed by atoms with Crippen molar-refractivity contribution in [1.29, 1.82) is 0 Å². The highest BCUT2D eigenvalue weighted by atomic mass is 16.5. The van der Waals surface area contributed by atoms with Crippen LogP contribution in [0.2, 0.25) is 0 Å². The SMILES string of the molecule is CCC(Cc1ccco1)C(=O)O.CCC(Cc1ccco1)C(=O)OC. The van der Waals surface area contributed by atoms with Crippen molar-refractivity contribution in [3.05, 3.63) is 48.3 Å². The van der Waals surface area contributed by atoms with E-state index < -0.39 is 5.97 Å². The van der Waals surface area contributed by atoms with E-state index >= 15 is 0 Å². The second-order valence-electron chi connectivity index (χ2n) is 5.64. The van der Waals surface area contributed by atoms with Gasteiger partial charge in [0.2, 0.25) is 0 Å². The lowest BCUT2D eigenvalue weighted by molar-refractivity contribution is -0.145. The van der Waals surface area contributed by atoms with Gasteiger partial charge in [-0.25, -0.2) is 0 Å². The maximum Gasteiger partial charge on any atom is 0.309 e.